The average Bonchev–Trinajstić information content (AvgIpc) is 2.67. The molecular formula is C21H35ClIN5O2. The van der Waals surface area contributed by atoms with Gasteiger partial charge in [0.05, 0.1) is 0 Å². The van der Waals surface area contributed by atoms with Crippen molar-refractivity contribution in [2.75, 3.05) is 33.2 Å². The van der Waals surface area contributed by atoms with Gasteiger partial charge in [0.2, 0.25) is 0 Å². The summed E-state index contributed by atoms with van der Waals surface area (Å²) in [6, 6.07) is 3.74. The van der Waals surface area contributed by atoms with Crippen LogP contribution in [0, 0.1) is 5.92 Å². The maximum absolute atomic E-state index is 12.4. The minimum atomic E-state index is -0.467. The van der Waals surface area contributed by atoms with Gasteiger partial charge in [-0.2, -0.15) is 0 Å². The van der Waals surface area contributed by atoms with E-state index < -0.39 is 5.60 Å². The quantitative estimate of drug-likeness (QED) is 0.254. The Bertz CT molecular complexity index is 686. The molecule has 30 heavy (non-hydrogen) atoms. The zero-order valence-corrected chi connectivity index (χ0v) is 21.7. The number of pyridine rings is 1. The zero-order valence-electron chi connectivity index (χ0n) is 18.7. The van der Waals surface area contributed by atoms with Crippen molar-refractivity contribution in [2.45, 2.75) is 52.7 Å². The van der Waals surface area contributed by atoms with Gasteiger partial charge in [0.25, 0.3) is 0 Å². The van der Waals surface area contributed by atoms with Crippen molar-refractivity contribution in [3.05, 3.63) is 29.0 Å². The highest BCUT2D eigenvalue weighted by Gasteiger charge is 2.27. The summed E-state index contributed by atoms with van der Waals surface area (Å²) in [4.78, 5) is 25.0. The molecule has 0 atom stereocenters. The number of rotatable bonds is 5. The van der Waals surface area contributed by atoms with Crippen molar-refractivity contribution in [1.82, 2.24) is 20.1 Å². The summed E-state index contributed by atoms with van der Waals surface area (Å²) in [6.07, 6.45) is 3.58. The van der Waals surface area contributed by atoms with Gasteiger partial charge in [-0.3, -0.25) is 4.99 Å². The topological polar surface area (TPSA) is 70.1 Å². The standard InChI is InChI=1S/C21H34ClN5O2.HI/c1-6-26(20(28)29-21(2,3)4)15-16-9-11-27(12-10-16)19(23-5)25-14-17-7-8-18(22)24-13-17;/h7-8,13,16H,6,9-12,14-15H2,1-5H3,(H,23,25);1H. The molecule has 2 rings (SSSR count). The molecule has 9 heteroatoms. The maximum atomic E-state index is 12.4. The fraction of sp³-hybridized carbons (Fsp3) is 0.667. The van der Waals surface area contributed by atoms with Crippen LogP contribution in [-0.2, 0) is 11.3 Å². The van der Waals surface area contributed by atoms with Crippen LogP contribution in [0.4, 0.5) is 4.79 Å². The van der Waals surface area contributed by atoms with Crippen molar-refractivity contribution in [3.8, 4) is 0 Å². The van der Waals surface area contributed by atoms with Crippen LogP contribution in [-0.4, -0.2) is 65.7 Å². The van der Waals surface area contributed by atoms with Gasteiger partial charge in [0.1, 0.15) is 10.8 Å². The van der Waals surface area contributed by atoms with Gasteiger partial charge in [-0.25, -0.2) is 9.78 Å². The Morgan fingerprint density at radius 1 is 1.37 bits per heavy atom. The number of carbonyl (C=O) groups is 1. The SMILES string of the molecule is CCN(CC1CCN(C(=NC)NCc2ccc(Cl)nc2)CC1)C(=O)OC(C)(C)C.I. The van der Waals surface area contributed by atoms with Gasteiger partial charge in [-0.15, -0.1) is 24.0 Å². The number of aromatic nitrogens is 1. The Morgan fingerprint density at radius 2 is 2.03 bits per heavy atom. The van der Waals surface area contributed by atoms with E-state index in [4.69, 9.17) is 16.3 Å². The Balaban J connectivity index is 0.00000450. The summed E-state index contributed by atoms with van der Waals surface area (Å²) in [6.45, 7) is 11.6. The van der Waals surface area contributed by atoms with Crippen LogP contribution in [0.25, 0.3) is 0 Å². The average molecular weight is 552 g/mol. The summed E-state index contributed by atoms with van der Waals surface area (Å²) in [7, 11) is 1.80. The molecular weight excluding hydrogens is 517 g/mol. The van der Waals surface area contributed by atoms with E-state index in [-0.39, 0.29) is 30.1 Å². The minimum Gasteiger partial charge on any atom is -0.444 e. The molecule has 0 spiro atoms. The third-order valence-electron chi connectivity index (χ3n) is 4.88. The molecule has 0 unspecified atom stereocenters. The molecule has 0 saturated carbocycles. The number of nitrogens with zero attached hydrogens (tertiary/aromatic N) is 4. The summed E-state index contributed by atoms with van der Waals surface area (Å²) in [5.74, 6) is 1.36. The number of guanidine groups is 1. The Hall–Kier alpha value is -1.29. The molecule has 1 saturated heterocycles. The van der Waals surface area contributed by atoms with E-state index in [0.29, 0.717) is 24.2 Å². The number of aliphatic imine (C=N–C) groups is 1. The lowest BCUT2D eigenvalue weighted by atomic mass is 9.96. The van der Waals surface area contributed by atoms with Crippen LogP contribution < -0.4 is 5.32 Å². The van der Waals surface area contributed by atoms with Crippen LogP contribution in [0.2, 0.25) is 5.15 Å². The minimum absolute atomic E-state index is 0. The predicted molar refractivity (Wildman–Crippen MR) is 133 cm³/mol. The van der Waals surface area contributed by atoms with Crippen LogP contribution in [0.3, 0.4) is 0 Å². The van der Waals surface area contributed by atoms with Crippen molar-refractivity contribution in [3.63, 3.8) is 0 Å². The van der Waals surface area contributed by atoms with E-state index in [9.17, 15) is 4.79 Å². The smallest absolute Gasteiger partial charge is 0.410 e. The first-order valence-corrected chi connectivity index (χ1v) is 10.6. The summed E-state index contributed by atoms with van der Waals surface area (Å²) >= 11 is 5.84. The largest absolute Gasteiger partial charge is 0.444 e. The molecule has 1 fully saturated rings. The fourth-order valence-corrected chi connectivity index (χ4v) is 3.43. The molecule has 0 radical (unpaired) electrons. The Morgan fingerprint density at radius 3 is 2.53 bits per heavy atom. The second-order valence-corrected chi connectivity index (χ2v) is 8.73. The van der Waals surface area contributed by atoms with E-state index >= 15 is 0 Å². The van der Waals surface area contributed by atoms with Crippen molar-refractivity contribution < 1.29 is 9.53 Å². The normalized spacial score (nSPS) is 15.4. The van der Waals surface area contributed by atoms with E-state index in [1.165, 1.54) is 0 Å². The number of nitrogens with one attached hydrogen (secondary N) is 1. The van der Waals surface area contributed by atoms with Gasteiger partial charge in [0, 0.05) is 46.0 Å². The molecule has 1 amide bonds. The van der Waals surface area contributed by atoms with E-state index in [0.717, 1.165) is 44.0 Å². The predicted octanol–water partition coefficient (Wildman–Crippen LogP) is 4.40. The molecule has 1 aromatic rings. The molecule has 0 aliphatic carbocycles. The molecule has 170 valence electrons. The van der Waals surface area contributed by atoms with Gasteiger partial charge < -0.3 is 19.9 Å². The molecule has 2 heterocycles. The second kappa shape index (κ2) is 12.5. The molecule has 0 aromatic carbocycles. The number of hydrogen-bond donors (Lipinski definition) is 1. The van der Waals surface area contributed by atoms with E-state index in [2.05, 4.69) is 20.2 Å². The lowest BCUT2D eigenvalue weighted by molar-refractivity contribution is 0.0214. The third-order valence-corrected chi connectivity index (χ3v) is 5.10. The molecule has 1 N–H and O–H groups in total. The maximum Gasteiger partial charge on any atom is 0.410 e. The van der Waals surface area contributed by atoms with Crippen LogP contribution >= 0.6 is 35.6 Å². The number of carbonyl (C=O) groups excluding carboxylic acids is 1. The molecule has 1 aliphatic rings. The fourth-order valence-electron chi connectivity index (χ4n) is 3.32. The van der Waals surface area contributed by atoms with E-state index in [1.807, 2.05) is 38.7 Å². The Kier molecular flexibility index (Phi) is 11.2. The summed E-state index contributed by atoms with van der Waals surface area (Å²) < 4.78 is 5.52. The van der Waals surface area contributed by atoms with Gasteiger partial charge >= 0.3 is 6.09 Å². The van der Waals surface area contributed by atoms with Crippen molar-refractivity contribution in [2.24, 2.45) is 10.9 Å². The molecule has 0 bridgehead atoms. The van der Waals surface area contributed by atoms with Gasteiger partial charge in [0.15, 0.2) is 5.96 Å². The number of halogens is 2. The van der Waals surface area contributed by atoms with Crippen molar-refractivity contribution >= 4 is 47.6 Å². The molecule has 1 aliphatic heterocycles. The Labute approximate surface area is 202 Å². The van der Waals surface area contributed by atoms with Crippen LogP contribution in [0.1, 0.15) is 46.1 Å². The number of likely N-dealkylation sites (tertiary alicyclic amines) is 1. The first-order valence-electron chi connectivity index (χ1n) is 10.3. The first-order chi connectivity index (χ1) is 13.7. The van der Waals surface area contributed by atoms with E-state index in [1.54, 1.807) is 19.3 Å². The molecule has 7 nitrogen and oxygen atoms in total. The zero-order chi connectivity index (χ0) is 21.4. The lowest BCUT2D eigenvalue weighted by Crippen LogP contribution is -2.47. The number of ether oxygens (including phenoxy) is 1. The number of amides is 1. The monoisotopic (exact) mass is 551 g/mol. The highest BCUT2D eigenvalue weighted by molar-refractivity contribution is 14.0. The highest BCUT2D eigenvalue weighted by atomic mass is 127. The third kappa shape index (κ3) is 8.83. The van der Waals surface area contributed by atoms with Crippen LogP contribution in [0.5, 0.6) is 0 Å². The molecule has 1 aromatic heterocycles. The summed E-state index contributed by atoms with van der Waals surface area (Å²) in [5, 5.41) is 3.89. The van der Waals surface area contributed by atoms with Crippen molar-refractivity contribution in [1.29, 1.82) is 0 Å². The number of piperidine rings is 1. The lowest BCUT2D eigenvalue weighted by Gasteiger charge is -2.36. The second-order valence-electron chi connectivity index (χ2n) is 8.34. The first kappa shape index (κ1) is 26.7. The number of hydrogen-bond acceptors (Lipinski definition) is 4. The highest BCUT2D eigenvalue weighted by Crippen LogP contribution is 2.20. The van der Waals surface area contributed by atoms with Gasteiger partial charge in [-0.1, -0.05) is 17.7 Å². The van der Waals surface area contributed by atoms with Gasteiger partial charge in [-0.05, 0) is 58.1 Å². The summed E-state index contributed by atoms with van der Waals surface area (Å²) in [5.41, 5.74) is 0.590. The van der Waals surface area contributed by atoms with Crippen LogP contribution in [0.15, 0.2) is 23.3 Å².